The van der Waals surface area contributed by atoms with E-state index in [-0.39, 0.29) is 13.0 Å². The average molecular weight is 428 g/mol. The summed E-state index contributed by atoms with van der Waals surface area (Å²) in [6, 6.07) is 2.26. The van der Waals surface area contributed by atoms with Gasteiger partial charge < -0.3 is 5.32 Å². The Morgan fingerprint density at radius 1 is 1.35 bits per heavy atom. The van der Waals surface area contributed by atoms with Gasteiger partial charge in [-0.15, -0.1) is 11.3 Å². The minimum absolute atomic E-state index is 0.211. The quantitative estimate of drug-likeness (QED) is 0.739. The summed E-state index contributed by atoms with van der Waals surface area (Å²) in [4.78, 5) is 16.0. The monoisotopic (exact) mass is 427 g/mol. The number of aromatic nitrogens is 1. The number of alkyl halides is 3. The molecule has 0 bridgehead atoms. The number of aryl methyl sites for hydroxylation is 1. The van der Waals surface area contributed by atoms with Crippen LogP contribution in [0.25, 0.3) is 0 Å². The van der Waals surface area contributed by atoms with Gasteiger partial charge in [-0.05, 0) is 25.1 Å². The van der Waals surface area contributed by atoms with Crippen molar-refractivity contribution in [3.8, 4) is 0 Å². The summed E-state index contributed by atoms with van der Waals surface area (Å²) in [7, 11) is -4.23. The van der Waals surface area contributed by atoms with Gasteiger partial charge in [0.15, 0.2) is 5.13 Å². The zero-order valence-corrected chi connectivity index (χ0v) is 15.6. The van der Waals surface area contributed by atoms with Gasteiger partial charge in [0.1, 0.15) is 0 Å². The molecule has 0 radical (unpaired) electrons. The first-order valence-electron chi connectivity index (χ1n) is 7.08. The number of carbonyl (C=O) groups is 1. The molecule has 0 aliphatic heterocycles. The van der Waals surface area contributed by atoms with Crippen LogP contribution in [0.3, 0.4) is 0 Å². The van der Waals surface area contributed by atoms with Crippen LogP contribution in [0.1, 0.15) is 16.9 Å². The van der Waals surface area contributed by atoms with E-state index in [2.05, 4.69) is 15.0 Å². The summed E-state index contributed by atoms with van der Waals surface area (Å²) in [5, 5.41) is 2.27. The third-order valence-electron chi connectivity index (χ3n) is 3.07. The highest BCUT2D eigenvalue weighted by Gasteiger charge is 2.34. The van der Waals surface area contributed by atoms with Gasteiger partial charge >= 0.3 is 6.18 Å². The summed E-state index contributed by atoms with van der Waals surface area (Å²) < 4.78 is 64.8. The van der Waals surface area contributed by atoms with Crippen molar-refractivity contribution in [1.29, 1.82) is 0 Å². The topological polar surface area (TPSA) is 88.2 Å². The minimum Gasteiger partial charge on any atom is -0.302 e. The number of carbonyl (C=O) groups excluding carboxylic acids is 1. The highest BCUT2D eigenvalue weighted by atomic mass is 35.5. The highest BCUT2D eigenvalue weighted by molar-refractivity contribution is 7.89. The summed E-state index contributed by atoms with van der Waals surface area (Å²) in [6.45, 7) is 1.52. The Hall–Kier alpha value is -1.69. The van der Waals surface area contributed by atoms with Crippen LogP contribution in [-0.4, -0.2) is 25.9 Å². The zero-order valence-electron chi connectivity index (χ0n) is 13.2. The number of thiazole rings is 1. The molecule has 1 aromatic heterocycles. The Kier molecular flexibility index (Phi) is 6.27. The van der Waals surface area contributed by atoms with Gasteiger partial charge in [-0.25, -0.2) is 18.1 Å². The van der Waals surface area contributed by atoms with Crippen LogP contribution in [-0.2, 0) is 21.0 Å². The Labute approximate surface area is 156 Å². The first-order chi connectivity index (χ1) is 12.0. The predicted octanol–water partition coefficient (Wildman–Crippen LogP) is 3.43. The van der Waals surface area contributed by atoms with Gasteiger partial charge in [0.2, 0.25) is 15.9 Å². The van der Waals surface area contributed by atoms with E-state index in [1.807, 2.05) is 6.92 Å². The Morgan fingerprint density at radius 3 is 2.62 bits per heavy atom. The van der Waals surface area contributed by atoms with Crippen molar-refractivity contribution < 1.29 is 26.4 Å². The van der Waals surface area contributed by atoms with Gasteiger partial charge in [-0.2, -0.15) is 13.2 Å². The van der Waals surface area contributed by atoms with Crippen molar-refractivity contribution in [3.05, 3.63) is 39.9 Å². The zero-order chi connectivity index (χ0) is 19.5. The van der Waals surface area contributed by atoms with Crippen LogP contribution in [0.5, 0.6) is 0 Å². The molecule has 0 spiro atoms. The molecule has 26 heavy (non-hydrogen) atoms. The van der Waals surface area contributed by atoms with Crippen LogP contribution < -0.4 is 10.0 Å². The van der Waals surface area contributed by atoms with Gasteiger partial charge in [-0.1, -0.05) is 11.6 Å². The number of hydrogen-bond donors (Lipinski definition) is 2. The lowest BCUT2D eigenvalue weighted by molar-refractivity contribution is -0.137. The third kappa shape index (κ3) is 5.40. The molecule has 0 unspecified atom stereocenters. The average Bonchev–Trinajstić information content (AvgIpc) is 2.91. The normalized spacial score (nSPS) is 12.2. The van der Waals surface area contributed by atoms with Gasteiger partial charge in [0, 0.05) is 24.0 Å². The second-order valence-corrected chi connectivity index (χ2v) is 8.52. The van der Waals surface area contributed by atoms with E-state index in [9.17, 15) is 26.4 Å². The summed E-state index contributed by atoms with van der Waals surface area (Å²) in [5.74, 6) is -0.478. The molecule has 0 atom stereocenters. The van der Waals surface area contributed by atoms with Gasteiger partial charge in [0.25, 0.3) is 0 Å². The maximum Gasteiger partial charge on any atom is 0.417 e. The van der Waals surface area contributed by atoms with Gasteiger partial charge in [0.05, 0.1) is 15.5 Å². The summed E-state index contributed by atoms with van der Waals surface area (Å²) >= 11 is 6.72. The molecule has 2 rings (SSSR count). The van der Waals surface area contributed by atoms with E-state index >= 15 is 0 Å². The molecule has 2 aromatic rings. The molecule has 1 heterocycles. The number of sulfonamides is 1. The van der Waals surface area contributed by atoms with Crippen molar-refractivity contribution in [3.63, 3.8) is 0 Å². The number of nitrogens with zero attached hydrogens (tertiary/aromatic N) is 1. The number of amides is 1. The molecular weight excluding hydrogens is 415 g/mol. The Morgan fingerprint density at radius 2 is 2.04 bits per heavy atom. The fourth-order valence-corrected chi connectivity index (χ4v) is 3.83. The number of halogens is 4. The molecule has 0 fully saturated rings. The standard InChI is InChI=1S/C14H13ClF3N3O3S2/c1-8-7-19-13(25-8)21-12(22)4-5-20-26(23,24)9-2-3-11(15)10(6-9)14(16,17)18/h2-3,6-7,20H,4-5H2,1H3,(H,19,21,22). The Balaban J connectivity index is 1.99. The SMILES string of the molecule is Cc1cnc(NC(=O)CCNS(=O)(=O)c2ccc(Cl)c(C(F)(F)F)c2)s1. The van der Waals surface area contributed by atoms with Crippen LogP contribution >= 0.6 is 22.9 Å². The molecule has 0 aliphatic carbocycles. The van der Waals surface area contributed by atoms with E-state index in [1.165, 1.54) is 11.3 Å². The van der Waals surface area contributed by atoms with Crippen LogP contribution in [0.15, 0.2) is 29.3 Å². The van der Waals surface area contributed by atoms with E-state index in [1.54, 1.807) is 6.20 Å². The maximum atomic E-state index is 12.8. The van der Waals surface area contributed by atoms with E-state index < -0.39 is 37.6 Å². The molecule has 0 aliphatic rings. The van der Waals surface area contributed by atoms with Crippen LogP contribution in [0.2, 0.25) is 5.02 Å². The number of benzene rings is 1. The molecule has 1 aromatic carbocycles. The second-order valence-electron chi connectivity index (χ2n) is 5.11. The highest BCUT2D eigenvalue weighted by Crippen LogP contribution is 2.35. The van der Waals surface area contributed by atoms with Crippen molar-refractivity contribution in [1.82, 2.24) is 9.71 Å². The fraction of sp³-hybridized carbons (Fsp3) is 0.286. The summed E-state index contributed by atoms with van der Waals surface area (Å²) in [6.07, 6.45) is -3.42. The molecule has 2 N–H and O–H groups in total. The van der Waals surface area contributed by atoms with E-state index in [0.717, 1.165) is 17.0 Å². The lowest BCUT2D eigenvalue weighted by Crippen LogP contribution is -2.28. The lowest BCUT2D eigenvalue weighted by atomic mass is 10.2. The molecule has 12 heteroatoms. The van der Waals surface area contributed by atoms with Crippen LogP contribution in [0, 0.1) is 6.92 Å². The first-order valence-corrected chi connectivity index (χ1v) is 9.75. The minimum atomic E-state index is -4.78. The Bertz CT molecular complexity index is 914. The van der Waals surface area contributed by atoms with E-state index in [0.29, 0.717) is 11.2 Å². The van der Waals surface area contributed by atoms with Crippen molar-refractivity contribution in [2.75, 3.05) is 11.9 Å². The number of rotatable bonds is 6. The number of nitrogens with one attached hydrogen (secondary N) is 2. The van der Waals surface area contributed by atoms with Gasteiger partial charge in [-0.3, -0.25) is 4.79 Å². The predicted molar refractivity (Wildman–Crippen MR) is 91.7 cm³/mol. The second kappa shape index (κ2) is 7.91. The lowest BCUT2D eigenvalue weighted by Gasteiger charge is -2.12. The molecular formula is C14H13ClF3N3O3S2. The molecule has 142 valence electrons. The maximum absolute atomic E-state index is 12.8. The van der Waals surface area contributed by atoms with E-state index in [4.69, 9.17) is 11.6 Å². The van der Waals surface area contributed by atoms with Crippen molar-refractivity contribution in [2.24, 2.45) is 0 Å². The first kappa shape index (κ1) is 20.6. The largest absolute Gasteiger partial charge is 0.417 e. The summed E-state index contributed by atoms with van der Waals surface area (Å²) in [5.41, 5.74) is -1.25. The van der Waals surface area contributed by atoms with Crippen LogP contribution in [0.4, 0.5) is 18.3 Å². The smallest absolute Gasteiger partial charge is 0.302 e. The molecule has 0 saturated carbocycles. The number of anilines is 1. The fourth-order valence-electron chi connectivity index (χ4n) is 1.87. The molecule has 6 nitrogen and oxygen atoms in total. The number of hydrogen-bond acceptors (Lipinski definition) is 5. The molecule has 1 amide bonds. The molecule has 0 saturated heterocycles. The third-order valence-corrected chi connectivity index (χ3v) is 5.68. The van der Waals surface area contributed by atoms with Crippen molar-refractivity contribution >= 4 is 44.0 Å². The van der Waals surface area contributed by atoms with Crippen molar-refractivity contribution in [2.45, 2.75) is 24.4 Å².